The number of methoxy groups -OCH3 is 1. The lowest BCUT2D eigenvalue weighted by molar-refractivity contribution is 0.0686. The SMILES string of the molecule is CCOc1ccccc1-c1ccc(-c2c(C#N)c(OC)n(C)c2C(=O)O)cc1. The Labute approximate surface area is 163 Å². The Balaban J connectivity index is 2.14. The van der Waals surface area contributed by atoms with E-state index in [0.717, 1.165) is 16.9 Å². The summed E-state index contributed by atoms with van der Waals surface area (Å²) < 4.78 is 12.3. The number of ether oxygens (including phenoxy) is 2. The molecule has 2 aromatic carbocycles. The predicted octanol–water partition coefficient (Wildman–Crippen LogP) is 4.34. The molecular weight excluding hydrogens is 356 g/mol. The van der Waals surface area contributed by atoms with Gasteiger partial charge in [-0.15, -0.1) is 0 Å². The maximum Gasteiger partial charge on any atom is 0.353 e. The van der Waals surface area contributed by atoms with Crippen LogP contribution >= 0.6 is 0 Å². The van der Waals surface area contributed by atoms with Crippen molar-refractivity contribution in [2.24, 2.45) is 7.05 Å². The van der Waals surface area contributed by atoms with Gasteiger partial charge in [-0.3, -0.25) is 0 Å². The van der Waals surface area contributed by atoms with Gasteiger partial charge in [-0.1, -0.05) is 42.5 Å². The Morgan fingerprint density at radius 1 is 1.14 bits per heavy atom. The summed E-state index contributed by atoms with van der Waals surface area (Å²) in [5.74, 6) is -0.119. The number of nitriles is 1. The van der Waals surface area contributed by atoms with Gasteiger partial charge in [-0.25, -0.2) is 4.79 Å². The van der Waals surface area contributed by atoms with Crippen molar-refractivity contribution in [3.05, 3.63) is 59.8 Å². The lowest BCUT2D eigenvalue weighted by atomic mass is 9.97. The standard InChI is InChI=1S/C22H20N2O4/c1-4-28-18-8-6-5-7-16(18)14-9-11-15(12-10-14)19-17(13-23)21(27-3)24(2)20(19)22(25)26/h5-12H,4H2,1-3H3,(H,25,26). The highest BCUT2D eigenvalue weighted by Gasteiger charge is 2.27. The van der Waals surface area contributed by atoms with Crippen LogP contribution in [0.5, 0.6) is 11.6 Å². The van der Waals surface area contributed by atoms with E-state index in [1.54, 1.807) is 19.2 Å². The van der Waals surface area contributed by atoms with Crippen molar-refractivity contribution in [1.82, 2.24) is 4.57 Å². The van der Waals surface area contributed by atoms with Crippen molar-refractivity contribution in [3.8, 4) is 40.0 Å². The van der Waals surface area contributed by atoms with Crippen molar-refractivity contribution in [2.45, 2.75) is 6.92 Å². The lowest BCUT2D eigenvalue weighted by Gasteiger charge is -2.11. The van der Waals surface area contributed by atoms with Gasteiger partial charge in [0.05, 0.1) is 13.7 Å². The minimum atomic E-state index is -1.12. The molecule has 0 spiro atoms. The van der Waals surface area contributed by atoms with E-state index < -0.39 is 5.97 Å². The van der Waals surface area contributed by atoms with Gasteiger partial charge >= 0.3 is 5.97 Å². The first-order valence-corrected chi connectivity index (χ1v) is 8.76. The number of benzene rings is 2. The molecule has 0 atom stereocenters. The molecule has 0 aliphatic rings. The number of nitrogens with zero attached hydrogens (tertiary/aromatic N) is 2. The van der Waals surface area contributed by atoms with Gasteiger partial charge in [-0.2, -0.15) is 5.26 Å². The van der Waals surface area contributed by atoms with E-state index in [9.17, 15) is 15.2 Å². The third kappa shape index (κ3) is 3.19. The molecule has 6 heteroatoms. The highest BCUT2D eigenvalue weighted by atomic mass is 16.5. The molecule has 0 unspecified atom stereocenters. The second kappa shape index (κ2) is 7.89. The summed E-state index contributed by atoms with van der Waals surface area (Å²) in [4.78, 5) is 11.8. The summed E-state index contributed by atoms with van der Waals surface area (Å²) in [7, 11) is 2.98. The monoisotopic (exact) mass is 376 g/mol. The summed E-state index contributed by atoms with van der Waals surface area (Å²) in [6.07, 6.45) is 0. The van der Waals surface area contributed by atoms with Gasteiger partial charge in [0.2, 0.25) is 5.88 Å². The molecule has 0 amide bonds. The van der Waals surface area contributed by atoms with Crippen LogP contribution in [0.4, 0.5) is 0 Å². The molecule has 6 nitrogen and oxygen atoms in total. The molecule has 3 rings (SSSR count). The smallest absolute Gasteiger partial charge is 0.353 e. The Kier molecular flexibility index (Phi) is 5.37. The van der Waals surface area contributed by atoms with E-state index in [1.165, 1.54) is 11.7 Å². The third-order valence-corrected chi connectivity index (χ3v) is 4.52. The Bertz CT molecular complexity index is 1060. The van der Waals surface area contributed by atoms with Crippen molar-refractivity contribution < 1.29 is 19.4 Å². The molecule has 0 radical (unpaired) electrons. The maximum absolute atomic E-state index is 11.8. The molecule has 0 aliphatic heterocycles. The largest absolute Gasteiger partial charge is 0.493 e. The average Bonchev–Trinajstić information content (AvgIpc) is 3.00. The number of hydrogen-bond acceptors (Lipinski definition) is 4. The predicted molar refractivity (Wildman–Crippen MR) is 106 cm³/mol. The fourth-order valence-electron chi connectivity index (χ4n) is 3.34. The summed E-state index contributed by atoms with van der Waals surface area (Å²) in [6.45, 7) is 2.49. The van der Waals surface area contributed by atoms with Crippen molar-refractivity contribution in [2.75, 3.05) is 13.7 Å². The average molecular weight is 376 g/mol. The summed E-state index contributed by atoms with van der Waals surface area (Å²) in [6, 6.07) is 17.2. The van der Waals surface area contributed by atoms with E-state index in [2.05, 4.69) is 6.07 Å². The van der Waals surface area contributed by atoms with E-state index in [-0.39, 0.29) is 17.1 Å². The molecule has 0 bridgehead atoms. The second-order valence-corrected chi connectivity index (χ2v) is 6.09. The van der Waals surface area contributed by atoms with Crippen molar-refractivity contribution in [1.29, 1.82) is 5.26 Å². The molecule has 0 aliphatic carbocycles. The van der Waals surface area contributed by atoms with Crippen LogP contribution in [0.2, 0.25) is 0 Å². The normalized spacial score (nSPS) is 10.4. The van der Waals surface area contributed by atoms with Crippen LogP contribution in [-0.4, -0.2) is 29.4 Å². The molecule has 1 heterocycles. The minimum absolute atomic E-state index is 0.0101. The van der Waals surface area contributed by atoms with Crippen LogP contribution in [-0.2, 0) is 7.05 Å². The number of aromatic nitrogens is 1. The second-order valence-electron chi connectivity index (χ2n) is 6.09. The zero-order valence-corrected chi connectivity index (χ0v) is 15.9. The van der Waals surface area contributed by atoms with E-state index in [1.807, 2.05) is 43.3 Å². The Hall–Kier alpha value is -3.72. The summed E-state index contributed by atoms with van der Waals surface area (Å²) in [5.41, 5.74) is 3.07. The number of carbonyl (C=O) groups is 1. The Morgan fingerprint density at radius 2 is 1.79 bits per heavy atom. The molecule has 0 saturated carbocycles. The van der Waals surface area contributed by atoms with Crippen LogP contribution in [0, 0.1) is 11.3 Å². The molecule has 0 saturated heterocycles. The number of carboxylic acid groups (broad SMARTS) is 1. The molecular formula is C22H20N2O4. The van der Waals surface area contributed by atoms with Gasteiger partial charge in [0.15, 0.2) is 0 Å². The molecule has 3 aromatic rings. The number of para-hydroxylation sites is 1. The molecule has 28 heavy (non-hydrogen) atoms. The van der Waals surface area contributed by atoms with E-state index in [0.29, 0.717) is 17.7 Å². The number of rotatable bonds is 6. The zero-order valence-electron chi connectivity index (χ0n) is 15.9. The van der Waals surface area contributed by atoms with Crippen molar-refractivity contribution >= 4 is 5.97 Å². The summed E-state index contributed by atoms with van der Waals surface area (Å²) in [5, 5.41) is 19.2. The van der Waals surface area contributed by atoms with Crippen LogP contribution in [0.3, 0.4) is 0 Å². The number of hydrogen-bond donors (Lipinski definition) is 1. The van der Waals surface area contributed by atoms with Crippen LogP contribution in [0.1, 0.15) is 23.0 Å². The van der Waals surface area contributed by atoms with Gasteiger partial charge in [-0.05, 0) is 24.1 Å². The highest BCUT2D eigenvalue weighted by molar-refractivity contribution is 5.98. The molecule has 142 valence electrons. The quantitative estimate of drug-likeness (QED) is 0.692. The topological polar surface area (TPSA) is 84.5 Å². The van der Waals surface area contributed by atoms with Gasteiger partial charge in [0.25, 0.3) is 0 Å². The third-order valence-electron chi connectivity index (χ3n) is 4.52. The molecule has 0 fully saturated rings. The fraction of sp³-hybridized carbons (Fsp3) is 0.182. The maximum atomic E-state index is 11.8. The minimum Gasteiger partial charge on any atom is -0.493 e. The van der Waals surface area contributed by atoms with E-state index in [4.69, 9.17) is 9.47 Å². The van der Waals surface area contributed by atoms with Crippen molar-refractivity contribution in [3.63, 3.8) is 0 Å². The first kappa shape index (κ1) is 19.1. The number of aromatic carboxylic acids is 1. The fourth-order valence-corrected chi connectivity index (χ4v) is 3.34. The first-order chi connectivity index (χ1) is 13.5. The van der Waals surface area contributed by atoms with Crippen LogP contribution < -0.4 is 9.47 Å². The van der Waals surface area contributed by atoms with Crippen LogP contribution in [0.15, 0.2) is 48.5 Å². The van der Waals surface area contributed by atoms with E-state index >= 15 is 0 Å². The van der Waals surface area contributed by atoms with Gasteiger partial charge < -0.3 is 19.1 Å². The van der Waals surface area contributed by atoms with Gasteiger partial charge in [0, 0.05) is 18.2 Å². The molecule has 1 aromatic heterocycles. The van der Waals surface area contributed by atoms with Gasteiger partial charge in [0.1, 0.15) is 23.1 Å². The zero-order chi connectivity index (χ0) is 20.3. The molecule has 1 N–H and O–H groups in total. The lowest BCUT2D eigenvalue weighted by Crippen LogP contribution is -2.06. The van der Waals surface area contributed by atoms with Crippen LogP contribution in [0.25, 0.3) is 22.3 Å². The first-order valence-electron chi connectivity index (χ1n) is 8.76. The highest BCUT2D eigenvalue weighted by Crippen LogP contribution is 2.38. The Morgan fingerprint density at radius 3 is 2.36 bits per heavy atom. The summed E-state index contributed by atoms with van der Waals surface area (Å²) >= 11 is 0. The number of carboxylic acids is 1.